The van der Waals surface area contributed by atoms with Gasteiger partial charge in [0.25, 0.3) is 0 Å². The summed E-state index contributed by atoms with van der Waals surface area (Å²) in [5.41, 5.74) is -4.33. The average molecular weight is 524 g/mol. The molecule has 0 aromatic heterocycles. The van der Waals surface area contributed by atoms with Crippen molar-refractivity contribution >= 4 is 15.9 Å². The molecular formula is C18H21F8NaO5S. The predicted molar refractivity (Wildman–Crippen MR) is 94.1 cm³/mol. The van der Waals surface area contributed by atoms with Crippen LogP contribution in [0.3, 0.4) is 0 Å². The fourth-order valence-electron chi connectivity index (χ4n) is 2.72. The van der Waals surface area contributed by atoms with Crippen LogP contribution in [0.15, 0.2) is 23.3 Å². The SMILES string of the molecule is CC(C)(C)C1=CC(C(F)(F)C(F)(F)OC(F)(F)C(F)(F)S(=O)(=O)[O-])=CC(C(C)(C)C)C1=O.[Na+]. The molecule has 0 aromatic carbocycles. The van der Waals surface area contributed by atoms with Crippen LogP contribution in [-0.2, 0) is 19.6 Å². The molecule has 1 atom stereocenters. The third kappa shape index (κ3) is 6.18. The third-order valence-electron chi connectivity index (χ3n) is 4.57. The van der Waals surface area contributed by atoms with Crippen molar-refractivity contribution in [2.24, 2.45) is 16.7 Å². The van der Waals surface area contributed by atoms with E-state index in [0.717, 1.165) is 0 Å². The van der Waals surface area contributed by atoms with Gasteiger partial charge in [-0.15, -0.1) is 0 Å². The summed E-state index contributed by atoms with van der Waals surface area (Å²) in [5.74, 6) is -7.87. The van der Waals surface area contributed by atoms with E-state index in [9.17, 15) is 52.9 Å². The number of ketones is 1. The number of ether oxygens (including phenoxy) is 1. The molecule has 0 saturated carbocycles. The van der Waals surface area contributed by atoms with E-state index in [0.29, 0.717) is 12.2 Å². The zero-order chi connectivity index (χ0) is 25.9. The second-order valence-electron chi connectivity index (χ2n) is 9.32. The van der Waals surface area contributed by atoms with E-state index < -0.39 is 61.6 Å². The molecule has 0 N–H and O–H groups in total. The summed E-state index contributed by atoms with van der Waals surface area (Å²) in [6, 6.07) is 0. The molecule has 5 nitrogen and oxygen atoms in total. The smallest absolute Gasteiger partial charge is 0.743 e. The number of carbonyl (C=O) groups excluding carboxylic acids is 1. The van der Waals surface area contributed by atoms with Crippen LogP contribution in [0.2, 0.25) is 0 Å². The van der Waals surface area contributed by atoms with Crippen LogP contribution < -0.4 is 29.6 Å². The molecule has 15 heteroatoms. The molecule has 0 fully saturated rings. The number of halogens is 8. The van der Waals surface area contributed by atoms with Gasteiger partial charge in [0.1, 0.15) is 0 Å². The van der Waals surface area contributed by atoms with Crippen LogP contribution in [0, 0.1) is 16.7 Å². The minimum atomic E-state index is -7.27. The molecule has 33 heavy (non-hydrogen) atoms. The molecule has 1 unspecified atom stereocenters. The standard InChI is InChI=1S/C18H22F8O5S.Na/c1-13(2,3)10-7-9(8-11(12(10)27)14(4,5)6)15(19,20)16(21,22)31-17(23,24)18(25,26)32(28,29)30;/h7-8,10H,1-6H3,(H,28,29,30);/q;+1/p-1. The molecule has 0 amide bonds. The Morgan fingerprint density at radius 2 is 1.30 bits per heavy atom. The Morgan fingerprint density at radius 1 is 0.879 bits per heavy atom. The molecule has 0 aliphatic heterocycles. The monoisotopic (exact) mass is 524 g/mol. The summed E-state index contributed by atoms with van der Waals surface area (Å²) in [6.07, 6.45) is -12.5. The molecule has 0 heterocycles. The van der Waals surface area contributed by atoms with E-state index in [1.54, 1.807) is 0 Å². The molecule has 0 spiro atoms. The Morgan fingerprint density at radius 3 is 1.64 bits per heavy atom. The number of hydrogen-bond donors (Lipinski definition) is 0. The van der Waals surface area contributed by atoms with Gasteiger partial charge in [-0.05, 0) is 16.9 Å². The Balaban J connectivity index is 0.0000102. The zero-order valence-corrected chi connectivity index (χ0v) is 21.5. The third-order valence-corrected chi connectivity index (χ3v) is 5.44. The maximum absolute atomic E-state index is 14.6. The van der Waals surface area contributed by atoms with Gasteiger partial charge >= 0.3 is 53.0 Å². The Hall–Kier alpha value is -0.540. The summed E-state index contributed by atoms with van der Waals surface area (Å²) >= 11 is 0. The summed E-state index contributed by atoms with van der Waals surface area (Å²) in [7, 11) is -7.27. The van der Waals surface area contributed by atoms with Crippen molar-refractivity contribution in [2.45, 2.75) is 64.9 Å². The van der Waals surface area contributed by atoms with Gasteiger partial charge < -0.3 is 4.55 Å². The zero-order valence-electron chi connectivity index (χ0n) is 18.7. The van der Waals surface area contributed by atoms with Gasteiger partial charge in [-0.3, -0.25) is 4.79 Å². The summed E-state index contributed by atoms with van der Waals surface area (Å²) in [4.78, 5) is 12.7. The minimum Gasteiger partial charge on any atom is -0.743 e. The number of alkyl halides is 8. The van der Waals surface area contributed by atoms with E-state index in [-0.39, 0.29) is 35.1 Å². The van der Waals surface area contributed by atoms with Crippen molar-refractivity contribution in [1.29, 1.82) is 0 Å². The Kier molecular flexibility index (Phi) is 9.01. The van der Waals surface area contributed by atoms with Crippen molar-refractivity contribution < 1.29 is 87.2 Å². The van der Waals surface area contributed by atoms with Crippen molar-refractivity contribution in [3.8, 4) is 0 Å². The first-order valence-corrected chi connectivity index (χ1v) is 10.3. The molecule has 0 saturated heterocycles. The summed E-state index contributed by atoms with van der Waals surface area (Å²) in [6.45, 7) is 8.40. The topological polar surface area (TPSA) is 83.5 Å². The molecule has 1 aliphatic carbocycles. The number of rotatable bonds is 6. The molecule has 1 rings (SSSR count). The van der Waals surface area contributed by atoms with E-state index >= 15 is 0 Å². The van der Waals surface area contributed by atoms with Gasteiger partial charge in [0.05, 0.1) is 0 Å². The van der Waals surface area contributed by atoms with Gasteiger partial charge in [-0.2, -0.15) is 35.1 Å². The Labute approximate surface area is 207 Å². The van der Waals surface area contributed by atoms with Gasteiger partial charge in [0.2, 0.25) is 0 Å². The molecule has 1 aliphatic rings. The number of hydrogen-bond acceptors (Lipinski definition) is 5. The first-order chi connectivity index (χ1) is 13.7. The van der Waals surface area contributed by atoms with E-state index in [1.807, 2.05) is 0 Å². The quantitative estimate of drug-likeness (QED) is 0.302. The van der Waals surface area contributed by atoms with Crippen molar-refractivity contribution in [2.75, 3.05) is 0 Å². The van der Waals surface area contributed by atoms with Crippen LogP contribution in [0.25, 0.3) is 0 Å². The predicted octanol–water partition coefficient (Wildman–Crippen LogP) is 2.11. The first kappa shape index (κ1) is 32.5. The number of Topliss-reactive ketones (excluding diaryl/α,β-unsaturated/α-hetero) is 1. The Bertz CT molecular complexity index is 944. The second kappa shape index (κ2) is 9.16. The molecular weight excluding hydrogens is 503 g/mol. The normalized spacial score (nSPS) is 19.6. The molecule has 0 radical (unpaired) electrons. The molecule has 0 bridgehead atoms. The van der Waals surface area contributed by atoms with Crippen LogP contribution in [0.4, 0.5) is 35.1 Å². The first-order valence-electron chi connectivity index (χ1n) is 8.86. The van der Waals surface area contributed by atoms with E-state index in [1.165, 1.54) is 41.5 Å². The van der Waals surface area contributed by atoms with Crippen molar-refractivity contribution in [3.63, 3.8) is 0 Å². The van der Waals surface area contributed by atoms with Crippen molar-refractivity contribution in [3.05, 3.63) is 23.3 Å². The van der Waals surface area contributed by atoms with Crippen LogP contribution >= 0.6 is 0 Å². The van der Waals surface area contributed by atoms with Gasteiger partial charge in [0, 0.05) is 17.1 Å². The summed E-state index contributed by atoms with van der Waals surface area (Å²) in [5, 5.41) is -6.78. The van der Waals surface area contributed by atoms with Gasteiger partial charge in [0.15, 0.2) is 15.9 Å². The largest absolute Gasteiger partial charge is 1.00 e. The number of carbonyl (C=O) groups is 1. The van der Waals surface area contributed by atoms with Crippen LogP contribution in [-0.4, -0.2) is 42.1 Å². The van der Waals surface area contributed by atoms with Crippen molar-refractivity contribution in [1.82, 2.24) is 0 Å². The second-order valence-corrected chi connectivity index (χ2v) is 10.7. The summed E-state index contributed by atoms with van der Waals surface area (Å²) < 4.78 is 144. The van der Waals surface area contributed by atoms with Crippen LogP contribution in [0.1, 0.15) is 41.5 Å². The molecule has 186 valence electrons. The fourth-order valence-corrected chi connectivity index (χ4v) is 3.05. The van der Waals surface area contributed by atoms with E-state index in [2.05, 4.69) is 4.74 Å². The van der Waals surface area contributed by atoms with Gasteiger partial charge in [-0.25, -0.2) is 13.2 Å². The maximum Gasteiger partial charge on any atom is 1.00 e. The average Bonchev–Trinajstić information content (AvgIpc) is 2.49. The van der Waals surface area contributed by atoms with Crippen LogP contribution in [0.5, 0.6) is 0 Å². The minimum absolute atomic E-state index is 0. The molecule has 0 aromatic rings. The number of allylic oxidation sites excluding steroid dienone is 3. The van der Waals surface area contributed by atoms with Gasteiger partial charge in [-0.1, -0.05) is 47.6 Å². The maximum atomic E-state index is 14.6. The van der Waals surface area contributed by atoms with E-state index in [4.69, 9.17) is 0 Å². The fraction of sp³-hybridized carbons (Fsp3) is 0.722.